The summed E-state index contributed by atoms with van der Waals surface area (Å²) in [6.45, 7) is 6.57. The minimum Gasteiger partial charge on any atom is -0.481 e. The van der Waals surface area contributed by atoms with Crippen molar-refractivity contribution < 1.29 is 9.90 Å². The molecule has 4 nitrogen and oxygen atoms in total. The van der Waals surface area contributed by atoms with E-state index in [-0.39, 0.29) is 6.42 Å². The number of carboxylic acid groups (broad SMARTS) is 1. The van der Waals surface area contributed by atoms with E-state index in [2.05, 4.69) is 23.7 Å². The Kier molecular flexibility index (Phi) is 5.63. The van der Waals surface area contributed by atoms with E-state index in [1.54, 1.807) is 12.4 Å². The maximum atomic E-state index is 10.6. The van der Waals surface area contributed by atoms with Crippen LogP contribution in [0.2, 0.25) is 0 Å². The number of nitrogens with zero attached hydrogens (tertiary/aromatic N) is 2. The van der Waals surface area contributed by atoms with Crippen LogP contribution in [0.5, 0.6) is 0 Å². The van der Waals surface area contributed by atoms with Gasteiger partial charge in [0, 0.05) is 32.0 Å². The predicted molar refractivity (Wildman–Crippen MR) is 66.6 cm³/mol. The van der Waals surface area contributed by atoms with Crippen LogP contribution in [0, 0.1) is 5.92 Å². The monoisotopic (exact) mass is 236 g/mol. The number of hydrogen-bond acceptors (Lipinski definition) is 3. The lowest BCUT2D eigenvalue weighted by Gasteiger charge is -2.23. The molecule has 1 aromatic heterocycles. The molecule has 0 aliphatic heterocycles. The van der Waals surface area contributed by atoms with E-state index >= 15 is 0 Å². The van der Waals surface area contributed by atoms with Gasteiger partial charge in [-0.25, -0.2) is 0 Å². The summed E-state index contributed by atoms with van der Waals surface area (Å²) in [5.41, 5.74) is 1.17. The molecule has 0 fully saturated rings. The Labute approximate surface area is 102 Å². The van der Waals surface area contributed by atoms with Crippen molar-refractivity contribution in [2.45, 2.75) is 26.8 Å². The summed E-state index contributed by atoms with van der Waals surface area (Å²) in [6, 6.07) is 3.93. The highest BCUT2D eigenvalue weighted by atomic mass is 16.4. The number of hydrogen-bond donors (Lipinski definition) is 1. The Morgan fingerprint density at radius 1 is 1.41 bits per heavy atom. The van der Waals surface area contributed by atoms with Crippen LogP contribution in [0.4, 0.5) is 0 Å². The Morgan fingerprint density at radius 2 is 2.06 bits per heavy atom. The molecule has 1 heterocycles. The summed E-state index contributed by atoms with van der Waals surface area (Å²) in [4.78, 5) is 16.8. The fourth-order valence-corrected chi connectivity index (χ4v) is 1.75. The van der Waals surface area contributed by atoms with Crippen molar-refractivity contribution in [3.63, 3.8) is 0 Å². The van der Waals surface area contributed by atoms with Crippen molar-refractivity contribution in [1.29, 1.82) is 0 Å². The van der Waals surface area contributed by atoms with Gasteiger partial charge in [-0.05, 0) is 23.6 Å². The number of carboxylic acids is 1. The molecule has 0 aromatic carbocycles. The lowest BCUT2D eigenvalue weighted by Crippen LogP contribution is -2.29. The van der Waals surface area contributed by atoms with Crippen LogP contribution in [-0.2, 0) is 11.3 Å². The van der Waals surface area contributed by atoms with Crippen molar-refractivity contribution in [3.05, 3.63) is 30.1 Å². The SMILES string of the molecule is CC(C)CN(CCC(=O)O)Cc1ccncc1. The van der Waals surface area contributed by atoms with Gasteiger partial charge in [0.15, 0.2) is 0 Å². The predicted octanol–water partition coefficient (Wildman–Crippen LogP) is 2.01. The first-order valence-electron chi connectivity index (χ1n) is 5.91. The Morgan fingerprint density at radius 3 is 2.59 bits per heavy atom. The van der Waals surface area contributed by atoms with Gasteiger partial charge in [-0.1, -0.05) is 13.8 Å². The zero-order valence-electron chi connectivity index (χ0n) is 10.5. The largest absolute Gasteiger partial charge is 0.481 e. The third-order valence-corrected chi connectivity index (χ3v) is 2.42. The summed E-state index contributed by atoms with van der Waals surface area (Å²) < 4.78 is 0. The molecular formula is C13H20N2O2. The molecular weight excluding hydrogens is 216 g/mol. The molecule has 94 valence electrons. The zero-order chi connectivity index (χ0) is 12.7. The molecule has 17 heavy (non-hydrogen) atoms. The molecule has 0 atom stereocenters. The van der Waals surface area contributed by atoms with Crippen molar-refractivity contribution in [2.75, 3.05) is 13.1 Å². The summed E-state index contributed by atoms with van der Waals surface area (Å²) in [5.74, 6) is -0.209. The standard InChI is InChI=1S/C13H20N2O2/c1-11(2)9-15(8-5-13(16)17)10-12-3-6-14-7-4-12/h3-4,6-7,11H,5,8-10H2,1-2H3,(H,16,17). The van der Waals surface area contributed by atoms with Crippen LogP contribution in [0.1, 0.15) is 25.8 Å². The number of pyridine rings is 1. The van der Waals surface area contributed by atoms with E-state index in [0.29, 0.717) is 12.5 Å². The summed E-state index contributed by atoms with van der Waals surface area (Å²) in [5, 5.41) is 8.73. The number of rotatable bonds is 7. The number of aromatic nitrogens is 1. The summed E-state index contributed by atoms with van der Waals surface area (Å²) in [7, 11) is 0. The molecule has 0 saturated carbocycles. The lowest BCUT2D eigenvalue weighted by molar-refractivity contribution is -0.137. The Balaban J connectivity index is 2.53. The molecule has 1 aromatic rings. The van der Waals surface area contributed by atoms with Gasteiger partial charge < -0.3 is 5.11 Å². The minimum absolute atomic E-state index is 0.192. The topological polar surface area (TPSA) is 53.4 Å². The first-order valence-corrected chi connectivity index (χ1v) is 5.91. The van der Waals surface area contributed by atoms with Gasteiger partial charge in [0.2, 0.25) is 0 Å². The highest BCUT2D eigenvalue weighted by Crippen LogP contribution is 2.07. The van der Waals surface area contributed by atoms with Gasteiger partial charge in [-0.2, -0.15) is 0 Å². The molecule has 0 bridgehead atoms. The highest BCUT2D eigenvalue weighted by molar-refractivity contribution is 5.66. The van der Waals surface area contributed by atoms with Gasteiger partial charge in [0.25, 0.3) is 0 Å². The third kappa shape index (κ3) is 6.02. The second-order valence-electron chi connectivity index (χ2n) is 4.63. The molecule has 0 radical (unpaired) electrons. The molecule has 0 unspecified atom stereocenters. The molecule has 0 spiro atoms. The van der Waals surface area contributed by atoms with Crippen molar-refractivity contribution in [3.8, 4) is 0 Å². The van der Waals surface area contributed by atoms with Crippen molar-refractivity contribution in [1.82, 2.24) is 9.88 Å². The van der Waals surface area contributed by atoms with E-state index in [1.807, 2.05) is 12.1 Å². The van der Waals surface area contributed by atoms with Crippen LogP contribution in [0.3, 0.4) is 0 Å². The lowest BCUT2D eigenvalue weighted by atomic mass is 10.1. The van der Waals surface area contributed by atoms with Gasteiger partial charge in [0.05, 0.1) is 6.42 Å². The van der Waals surface area contributed by atoms with E-state index in [1.165, 1.54) is 5.56 Å². The van der Waals surface area contributed by atoms with E-state index in [0.717, 1.165) is 13.1 Å². The van der Waals surface area contributed by atoms with Crippen molar-refractivity contribution in [2.24, 2.45) is 5.92 Å². The van der Waals surface area contributed by atoms with Crippen LogP contribution < -0.4 is 0 Å². The molecule has 0 saturated heterocycles. The number of carbonyl (C=O) groups is 1. The smallest absolute Gasteiger partial charge is 0.304 e. The average molecular weight is 236 g/mol. The van der Waals surface area contributed by atoms with Gasteiger partial charge in [0.1, 0.15) is 0 Å². The molecule has 1 N–H and O–H groups in total. The second kappa shape index (κ2) is 7.01. The zero-order valence-corrected chi connectivity index (χ0v) is 10.5. The second-order valence-corrected chi connectivity index (χ2v) is 4.63. The third-order valence-electron chi connectivity index (χ3n) is 2.42. The maximum Gasteiger partial charge on any atom is 0.304 e. The fourth-order valence-electron chi connectivity index (χ4n) is 1.75. The number of aliphatic carboxylic acids is 1. The highest BCUT2D eigenvalue weighted by Gasteiger charge is 2.10. The van der Waals surface area contributed by atoms with Gasteiger partial charge in [-0.3, -0.25) is 14.7 Å². The van der Waals surface area contributed by atoms with E-state index < -0.39 is 5.97 Å². The first kappa shape index (κ1) is 13.6. The maximum absolute atomic E-state index is 10.6. The molecule has 1 rings (SSSR count). The molecule has 0 aliphatic carbocycles. The Bertz CT molecular complexity index is 339. The fraction of sp³-hybridized carbons (Fsp3) is 0.538. The van der Waals surface area contributed by atoms with Gasteiger partial charge in [-0.15, -0.1) is 0 Å². The van der Waals surface area contributed by atoms with Crippen LogP contribution >= 0.6 is 0 Å². The average Bonchev–Trinajstić information content (AvgIpc) is 2.26. The van der Waals surface area contributed by atoms with Crippen molar-refractivity contribution >= 4 is 5.97 Å². The van der Waals surface area contributed by atoms with Crippen LogP contribution in [0.15, 0.2) is 24.5 Å². The minimum atomic E-state index is -0.742. The van der Waals surface area contributed by atoms with Crippen LogP contribution in [0.25, 0.3) is 0 Å². The Hall–Kier alpha value is -1.42. The molecule has 0 amide bonds. The van der Waals surface area contributed by atoms with Crippen LogP contribution in [-0.4, -0.2) is 34.0 Å². The molecule has 0 aliphatic rings. The molecule has 4 heteroatoms. The van der Waals surface area contributed by atoms with E-state index in [9.17, 15) is 4.79 Å². The summed E-state index contributed by atoms with van der Waals surface area (Å²) in [6.07, 6.45) is 3.72. The van der Waals surface area contributed by atoms with E-state index in [4.69, 9.17) is 5.11 Å². The summed E-state index contributed by atoms with van der Waals surface area (Å²) >= 11 is 0. The quantitative estimate of drug-likeness (QED) is 0.787. The van der Waals surface area contributed by atoms with Gasteiger partial charge >= 0.3 is 5.97 Å². The normalized spacial score (nSPS) is 11.1. The first-order chi connectivity index (χ1) is 8.08.